The standard InChI is InChI=1S/C22H38N4O2S/c1-5-23-21(24-14-20-25-19(16-29-20)22(2,3)4)26-11-9-17(10-12-26)28-15-18-8-6-7-13-27-18/h16-18H,5-15H2,1-4H3,(H,23,24). The maximum atomic E-state index is 6.15. The molecule has 1 atom stereocenters. The minimum atomic E-state index is 0.0908. The Morgan fingerprint density at radius 1 is 1.31 bits per heavy atom. The van der Waals surface area contributed by atoms with Gasteiger partial charge in [-0.1, -0.05) is 20.8 Å². The Kier molecular flexibility index (Phi) is 8.33. The van der Waals surface area contributed by atoms with Crippen LogP contribution in [0, 0.1) is 0 Å². The summed E-state index contributed by atoms with van der Waals surface area (Å²) in [5.74, 6) is 0.995. The fraction of sp³-hybridized carbons (Fsp3) is 0.818. The smallest absolute Gasteiger partial charge is 0.194 e. The molecule has 2 fully saturated rings. The highest BCUT2D eigenvalue weighted by Gasteiger charge is 2.24. The summed E-state index contributed by atoms with van der Waals surface area (Å²) in [7, 11) is 0. The molecular formula is C22H38N4O2S. The molecule has 164 valence electrons. The lowest BCUT2D eigenvalue weighted by molar-refractivity contribution is -0.0721. The van der Waals surface area contributed by atoms with Crippen LogP contribution < -0.4 is 5.32 Å². The van der Waals surface area contributed by atoms with Crippen LogP contribution in [-0.2, 0) is 21.4 Å². The third-order valence-corrected chi connectivity index (χ3v) is 6.39. The van der Waals surface area contributed by atoms with Crippen LogP contribution in [0.25, 0.3) is 0 Å². The van der Waals surface area contributed by atoms with Gasteiger partial charge in [-0.15, -0.1) is 11.3 Å². The third-order valence-electron chi connectivity index (χ3n) is 5.55. The summed E-state index contributed by atoms with van der Waals surface area (Å²) in [6.45, 7) is 13.8. The summed E-state index contributed by atoms with van der Waals surface area (Å²) in [4.78, 5) is 12.0. The summed E-state index contributed by atoms with van der Waals surface area (Å²) >= 11 is 1.71. The molecule has 7 heteroatoms. The first-order chi connectivity index (χ1) is 14.0. The molecule has 0 bridgehead atoms. The minimum Gasteiger partial charge on any atom is -0.376 e. The lowest BCUT2D eigenvalue weighted by atomic mass is 9.93. The van der Waals surface area contributed by atoms with Gasteiger partial charge in [0.05, 0.1) is 31.1 Å². The van der Waals surface area contributed by atoms with E-state index in [-0.39, 0.29) is 5.41 Å². The molecule has 0 amide bonds. The van der Waals surface area contributed by atoms with Gasteiger partial charge >= 0.3 is 0 Å². The fourth-order valence-corrected chi connectivity index (χ4v) is 4.66. The molecule has 0 radical (unpaired) electrons. The van der Waals surface area contributed by atoms with Crippen molar-refractivity contribution >= 4 is 17.3 Å². The summed E-state index contributed by atoms with van der Waals surface area (Å²) < 4.78 is 11.9. The van der Waals surface area contributed by atoms with Gasteiger partial charge in [-0.25, -0.2) is 9.98 Å². The number of aromatic nitrogens is 1. The number of hydrogen-bond donors (Lipinski definition) is 1. The van der Waals surface area contributed by atoms with Gasteiger partial charge in [-0.05, 0) is 39.0 Å². The largest absolute Gasteiger partial charge is 0.376 e. The van der Waals surface area contributed by atoms with E-state index in [2.05, 4.69) is 43.3 Å². The highest BCUT2D eigenvalue weighted by atomic mass is 32.1. The first-order valence-electron chi connectivity index (χ1n) is 11.2. The van der Waals surface area contributed by atoms with Crippen molar-refractivity contribution in [2.45, 2.75) is 84.0 Å². The van der Waals surface area contributed by atoms with Gasteiger partial charge in [0.2, 0.25) is 0 Å². The molecular weight excluding hydrogens is 384 g/mol. The van der Waals surface area contributed by atoms with Gasteiger partial charge < -0.3 is 19.7 Å². The van der Waals surface area contributed by atoms with Crippen LogP contribution in [0.3, 0.4) is 0 Å². The number of aliphatic imine (C=N–C) groups is 1. The highest BCUT2D eigenvalue weighted by molar-refractivity contribution is 7.09. The number of nitrogens with zero attached hydrogens (tertiary/aromatic N) is 3. The summed E-state index contributed by atoms with van der Waals surface area (Å²) in [5, 5.41) is 6.69. The molecule has 0 spiro atoms. The van der Waals surface area contributed by atoms with Crippen LogP contribution in [0.5, 0.6) is 0 Å². The van der Waals surface area contributed by atoms with Gasteiger partial charge in [0.1, 0.15) is 5.01 Å². The number of likely N-dealkylation sites (tertiary alicyclic amines) is 1. The van der Waals surface area contributed by atoms with Crippen LogP contribution in [0.2, 0.25) is 0 Å². The van der Waals surface area contributed by atoms with Crippen molar-refractivity contribution < 1.29 is 9.47 Å². The topological polar surface area (TPSA) is 59.0 Å². The SMILES string of the molecule is CCNC(=NCc1nc(C(C)(C)C)cs1)N1CCC(OCC2CCCCO2)CC1. The van der Waals surface area contributed by atoms with Crippen LogP contribution in [0.1, 0.15) is 70.5 Å². The van der Waals surface area contributed by atoms with E-state index < -0.39 is 0 Å². The molecule has 3 rings (SSSR count). The molecule has 0 aliphatic carbocycles. The van der Waals surface area contributed by atoms with Crippen LogP contribution in [0.15, 0.2) is 10.4 Å². The van der Waals surface area contributed by atoms with Crippen molar-refractivity contribution in [1.29, 1.82) is 0 Å². The van der Waals surface area contributed by atoms with Gasteiger partial charge in [-0.2, -0.15) is 0 Å². The van der Waals surface area contributed by atoms with Crippen molar-refractivity contribution in [3.8, 4) is 0 Å². The molecule has 6 nitrogen and oxygen atoms in total. The van der Waals surface area contributed by atoms with Crippen LogP contribution in [-0.4, -0.2) is 60.9 Å². The Hall–Kier alpha value is -1.18. The second-order valence-corrected chi connectivity index (χ2v) is 10.00. The first kappa shape index (κ1) is 22.5. The van der Waals surface area contributed by atoms with Crippen molar-refractivity contribution in [2.75, 3.05) is 32.8 Å². The van der Waals surface area contributed by atoms with E-state index in [1.807, 2.05) is 0 Å². The average molecular weight is 423 g/mol. The highest BCUT2D eigenvalue weighted by Crippen LogP contribution is 2.24. The Morgan fingerprint density at radius 2 is 2.10 bits per heavy atom. The molecule has 0 saturated carbocycles. The van der Waals surface area contributed by atoms with Crippen molar-refractivity contribution in [3.63, 3.8) is 0 Å². The third kappa shape index (κ3) is 6.93. The Morgan fingerprint density at radius 3 is 2.72 bits per heavy atom. The zero-order valence-corrected chi connectivity index (χ0v) is 19.4. The summed E-state index contributed by atoms with van der Waals surface area (Å²) in [6, 6.07) is 0. The molecule has 3 heterocycles. The normalized spacial score (nSPS) is 22.1. The van der Waals surface area contributed by atoms with E-state index in [0.29, 0.717) is 18.8 Å². The zero-order valence-electron chi connectivity index (χ0n) is 18.6. The van der Waals surface area contributed by atoms with E-state index in [0.717, 1.165) is 68.8 Å². The average Bonchev–Trinajstić information content (AvgIpc) is 3.20. The molecule has 2 saturated heterocycles. The lowest BCUT2D eigenvalue weighted by Crippen LogP contribution is -2.47. The maximum Gasteiger partial charge on any atom is 0.194 e. The zero-order chi connectivity index (χ0) is 20.7. The van der Waals surface area contributed by atoms with E-state index in [1.165, 1.54) is 12.8 Å². The number of nitrogens with one attached hydrogen (secondary N) is 1. The molecule has 2 aliphatic rings. The lowest BCUT2D eigenvalue weighted by Gasteiger charge is -2.35. The van der Waals surface area contributed by atoms with Crippen molar-refractivity contribution in [2.24, 2.45) is 4.99 Å². The second-order valence-electron chi connectivity index (χ2n) is 9.05. The van der Waals surface area contributed by atoms with E-state index in [9.17, 15) is 0 Å². The Balaban J connectivity index is 1.48. The van der Waals surface area contributed by atoms with Crippen molar-refractivity contribution in [3.05, 3.63) is 16.1 Å². The summed E-state index contributed by atoms with van der Waals surface area (Å²) in [5.41, 5.74) is 1.24. The molecule has 2 aliphatic heterocycles. The molecule has 0 aromatic carbocycles. The molecule has 1 aromatic heterocycles. The van der Waals surface area contributed by atoms with Crippen LogP contribution in [0.4, 0.5) is 0 Å². The van der Waals surface area contributed by atoms with E-state index >= 15 is 0 Å². The summed E-state index contributed by atoms with van der Waals surface area (Å²) in [6.07, 6.45) is 6.34. The van der Waals surface area contributed by atoms with E-state index in [4.69, 9.17) is 19.5 Å². The predicted molar refractivity (Wildman–Crippen MR) is 120 cm³/mol. The predicted octanol–water partition coefficient (Wildman–Crippen LogP) is 3.96. The van der Waals surface area contributed by atoms with Gasteiger partial charge in [0.25, 0.3) is 0 Å². The monoisotopic (exact) mass is 422 g/mol. The van der Waals surface area contributed by atoms with Gasteiger partial charge in [0, 0.05) is 37.0 Å². The van der Waals surface area contributed by atoms with Crippen molar-refractivity contribution in [1.82, 2.24) is 15.2 Å². The molecule has 1 aromatic rings. The van der Waals surface area contributed by atoms with Gasteiger partial charge in [-0.3, -0.25) is 0 Å². The Labute approximate surface area is 180 Å². The quantitative estimate of drug-likeness (QED) is 0.555. The number of piperidine rings is 1. The first-order valence-corrected chi connectivity index (χ1v) is 12.0. The fourth-order valence-electron chi connectivity index (χ4n) is 3.71. The Bertz CT molecular complexity index is 641. The molecule has 1 N–H and O–H groups in total. The molecule has 29 heavy (non-hydrogen) atoms. The number of hydrogen-bond acceptors (Lipinski definition) is 5. The number of rotatable bonds is 6. The number of thiazole rings is 1. The van der Waals surface area contributed by atoms with Crippen LogP contribution >= 0.6 is 11.3 Å². The maximum absolute atomic E-state index is 6.15. The molecule has 1 unspecified atom stereocenters. The minimum absolute atomic E-state index is 0.0908. The van der Waals surface area contributed by atoms with Gasteiger partial charge in [0.15, 0.2) is 5.96 Å². The number of guanidine groups is 1. The van der Waals surface area contributed by atoms with E-state index in [1.54, 1.807) is 11.3 Å². The second kappa shape index (κ2) is 10.7. The number of ether oxygens (including phenoxy) is 2.